The predicted molar refractivity (Wildman–Crippen MR) is 182 cm³/mol. The van der Waals surface area contributed by atoms with Crippen LogP contribution in [0.3, 0.4) is 0 Å². The summed E-state index contributed by atoms with van der Waals surface area (Å²) in [5.74, 6) is -0.689. The van der Waals surface area contributed by atoms with Gasteiger partial charge in [-0.1, -0.05) is 36.4 Å². The van der Waals surface area contributed by atoms with Crippen LogP contribution < -0.4 is 0 Å². The lowest BCUT2D eigenvalue weighted by atomic mass is 9.96. The third kappa shape index (κ3) is 10.2. The largest absolute Gasteiger partial charge is 0.508 e. The summed E-state index contributed by atoms with van der Waals surface area (Å²) in [5, 5.41) is 104. The molecule has 54 heavy (non-hydrogen) atoms. The Hall–Kier alpha value is -3.57. The number of phenols is 2. The molecule has 0 spiro atoms. The van der Waals surface area contributed by atoms with Crippen molar-refractivity contribution in [3.8, 4) is 11.5 Å². The van der Waals surface area contributed by atoms with Crippen LogP contribution in [0.4, 0.5) is 0 Å². The van der Waals surface area contributed by atoms with E-state index in [0.717, 1.165) is 11.6 Å². The smallest absolute Gasteiger partial charge is 0.330 e. The normalized spacial score (nSPS) is 37.5. The van der Waals surface area contributed by atoms with Gasteiger partial charge < -0.3 is 84.2 Å². The molecule has 18 nitrogen and oxygen atoms in total. The monoisotopic (exact) mass is 766 g/mol. The van der Waals surface area contributed by atoms with E-state index in [1.807, 2.05) is 0 Å². The number of aliphatic hydroxyl groups is 8. The molecule has 15 atom stereocenters. The van der Waals surface area contributed by atoms with Gasteiger partial charge in [-0.3, -0.25) is 0 Å². The van der Waals surface area contributed by atoms with Crippen LogP contribution >= 0.6 is 0 Å². The zero-order valence-corrected chi connectivity index (χ0v) is 28.9. The second-order valence-electron chi connectivity index (χ2n) is 13.0. The Morgan fingerprint density at radius 3 is 1.83 bits per heavy atom. The van der Waals surface area contributed by atoms with Crippen molar-refractivity contribution in [3.05, 3.63) is 71.8 Å². The number of hydrogen-bond donors (Lipinski definition) is 10. The predicted octanol–water partition coefficient (Wildman–Crippen LogP) is -2.13. The molecule has 2 aromatic rings. The van der Waals surface area contributed by atoms with Crippen molar-refractivity contribution < 1.29 is 89.0 Å². The summed E-state index contributed by atoms with van der Waals surface area (Å²) in [6.45, 7) is 0.0200. The van der Waals surface area contributed by atoms with Gasteiger partial charge >= 0.3 is 5.97 Å². The molecule has 0 amide bonds. The summed E-state index contributed by atoms with van der Waals surface area (Å²) in [6.07, 6.45) is -18.2. The van der Waals surface area contributed by atoms with Gasteiger partial charge in [0.25, 0.3) is 0 Å². The second kappa shape index (κ2) is 18.8. The summed E-state index contributed by atoms with van der Waals surface area (Å²) in [6, 6.07) is 12.3. The molecule has 0 unspecified atom stereocenters. The van der Waals surface area contributed by atoms with Crippen LogP contribution in [0, 0.1) is 0 Å². The molecule has 3 aliphatic heterocycles. The van der Waals surface area contributed by atoms with E-state index in [9.17, 15) is 55.9 Å². The van der Waals surface area contributed by atoms with Crippen molar-refractivity contribution >= 4 is 18.1 Å². The molecule has 0 saturated carbocycles. The van der Waals surface area contributed by atoms with Crippen molar-refractivity contribution in [1.29, 1.82) is 0 Å². The number of carbonyl (C=O) groups is 1. The molecule has 10 N–H and O–H groups in total. The highest BCUT2D eigenvalue weighted by atomic mass is 16.8. The van der Waals surface area contributed by atoms with Crippen molar-refractivity contribution in [3.63, 3.8) is 0 Å². The van der Waals surface area contributed by atoms with Gasteiger partial charge in [0.1, 0.15) is 85.2 Å². The minimum Gasteiger partial charge on any atom is -0.508 e. The number of ether oxygens (including phenoxy) is 7. The first kappa shape index (κ1) is 41.6. The Kier molecular flexibility index (Phi) is 14.5. The standard InChI is InChI=1S/C36H46O18/c1-17-32(53-36-29(45)27(43)25(41)22(15-37)51-36)28(44)30(46)35(50-17)54-33-26(42)23(16-49-24(40)13-8-19-6-11-21(39)12-7-19)52-34(31(33)47)48-14-2-3-18-4-9-20(38)10-5-18/h2-13,17,22-23,25-39,41-47H,14-16H2,1H3/t17-,22+,23+,25+,26+,27-,28-,29+,30+,31+,32-,33-,34+,35-,36-/m0/s1. The molecule has 5 rings (SSSR count). The van der Waals surface area contributed by atoms with Crippen LogP contribution in [0.15, 0.2) is 60.7 Å². The van der Waals surface area contributed by atoms with Crippen LogP contribution in [0.25, 0.3) is 12.2 Å². The van der Waals surface area contributed by atoms with E-state index in [-0.39, 0.29) is 18.1 Å². The van der Waals surface area contributed by atoms with Gasteiger partial charge in [-0.2, -0.15) is 0 Å². The van der Waals surface area contributed by atoms with E-state index in [1.165, 1.54) is 37.3 Å². The van der Waals surface area contributed by atoms with E-state index in [1.54, 1.807) is 36.4 Å². The molecular weight excluding hydrogens is 720 g/mol. The number of hydrogen-bond acceptors (Lipinski definition) is 18. The Morgan fingerprint density at radius 2 is 1.20 bits per heavy atom. The highest BCUT2D eigenvalue weighted by Gasteiger charge is 2.53. The molecule has 0 radical (unpaired) electrons. The van der Waals surface area contributed by atoms with E-state index in [4.69, 9.17) is 33.2 Å². The number of benzene rings is 2. The molecule has 3 aliphatic rings. The van der Waals surface area contributed by atoms with Crippen LogP contribution in [0.1, 0.15) is 18.1 Å². The highest BCUT2D eigenvalue weighted by Crippen LogP contribution is 2.33. The van der Waals surface area contributed by atoms with Crippen LogP contribution in [0.2, 0.25) is 0 Å². The van der Waals surface area contributed by atoms with E-state index < -0.39 is 111 Å². The number of carbonyl (C=O) groups excluding carboxylic acids is 1. The Labute approximate surface area is 309 Å². The van der Waals surface area contributed by atoms with Gasteiger partial charge in [0, 0.05) is 6.08 Å². The van der Waals surface area contributed by atoms with E-state index in [2.05, 4.69) is 0 Å². The number of esters is 1. The molecular formula is C36H46O18. The third-order valence-electron chi connectivity index (χ3n) is 9.10. The molecule has 3 heterocycles. The average molecular weight is 767 g/mol. The lowest BCUT2D eigenvalue weighted by Crippen LogP contribution is -2.66. The number of phenolic OH excluding ortho intramolecular Hbond substituents is 2. The van der Waals surface area contributed by atoms with Crippen molar-refractivity contribution in [2.75, 3.05) is 19.8 Å². The molecule has 0 aromatic heterocycles. The first-order valence-electron chi connectivity index (χ1n) is 17.1. The fourth-order valence-corrected chi connectivity index (χ4v) is 6.02. The second-order valence-corrected chi connectivity index (χ2v) is 13.0. The Bertz CT molecular complexity index is 1540. The summed E-state index contributed by atoms with van der Waals surface area (Å²) >= 11 is 0. The summed E-state index contributed by atoms with van der Waals surface area (Å²) < 4.78 is 39.4. The zero-order valence-electron chi connectivity index (χ0n) is 28.9. The lowest BCUT2D eigenvalue weighted by molar-refractivity contribution is -0.376. The first-order valence-corrected chi connectivity index (χ1v) is 17.1. The molecule has 3 saturated heterocycles. The molecule has 0 bridgehead atoms. The summed E-state index contributed by atoms with van der Waals surface area (Å²) in [7, 11) is 0. The van der Waals surface area contributed by atoms with Gasteiger partial charge in [0.2, 0.25) is 0 Å². The van der Waals surface area contributed by atoms with Gasteiger partial charge in [-0.25, -0.2) is 4.79 Å². The summed E-state index contributed by atoms with van der Waals surface area (Å²) in [5.41, 5.74) is 1.32. The third-order valence-corrected chi connectivity index (χ3v) is 9.10. The molecule has 2 aromatic carbocycles. The first-order chi connectivity index (χ1) is 25.8. The quantitative estimate of drug-likeness (QED) is 0.0770. The maximum atomic E-state index is 12.5. The summed E-state index contributed by atoms with van der Waals surface area (Å²) in [4.78, 5) is 12.5. The average Bonchev–Trinajstić information content (AvgIpc) is 3.16. The van der Waals surface area contributed by atoms with Gasteiger partial charge in [-0.15, -0.1) is 0 Å². The van der Waals surface area contributed by atoms with Crippen molar-refractivity contribution in [2.45, 2.75) is 99.0 Å². The number of aromatic hydroxyl groups is 2. The van der Waals surface area contributed by atoms with Crippen LogP contribution in [-0.4, -0.2) is 169 Å². The molecule has 0 aliphatic carbocycles. The molecule has 3 fully saturated rings. The van der Waals surface area contributed by atoms with Crippen molar-refractivity contribution in [2.24, 2.45) is 0 Å². The Balaban J connectivity index is 1.26. The number of rotatable bonds is 13. The maximum absolute atomic E-state index is 12.5. The van der Waals surface area contributed by atoms with Crippen molar-refractivity contribution in [1.82, 2.24) is 0 Å². The van der Waals surface area contributed by atoms with Crippen LogP contribution in [-0.2, 0) is 38.0 Å². The maximum Gasteiger partial charge on any atom is 0.330 e. The van der Waals surface area contributed by atoms with Crippen LogP contribution in [0.5, 0.6) is 11.5 Å². The van der Waals surface area contributed by atoms with E-state index in [0.29, 0.717) is 5.56 Å². The lowest BCUT2D eigenvalue weighted by Gasteiger charge is -2.47. The Morgan fingerprint density at radius 1 is 0.648 bits per heavy atom. The fourth-order valence-electron chi connectivity index (χ4n) is 6.02. The van der Waals surface area contributed by atoms with Gasteiger partial charge in [0.15, 0.2) is 18.9 Å². The van der Waals surface area contributed by atoms with Gasteiger partial charge in [0.05, 0.1) is 19.3 Å². The van der Waals surface area contributed by atoms with Gasteiger partial charge in [-0.05, 0) is 48.4 Å². The zero-order chi connectivity index (χ0) is 39.1. The highest BCUT2D eigenvalue weighted by molar-refractivity contribution is 5.87. The van der Waals surface area contributed by atoms with E-state index >= 15 is 0 Å². The SMILES string of the molecule is C[C@@H]1O[C@@H](O[C@@H]2[C@@H](O)[C@H](OCC=Cc3ccc(O)cc3)O[C@H](COC(=O)C=Cc3ccc(O)cc3)[C@H]2O)[C@H](O)[C@H](O)[C@H]1O[C@@H]1O[C@H](CO)[C@@H](O)[C@H](O)[C@H]1O. The minimum absolute atomic E-state index is 0.0427. The molecule has 18 heteroatoms. The molecule has 298 valence electrons. The number of aliphatic hydroxyl groups excluding tert-OH is 8. The topological polar surface area (TPSA) is 284 Å². The minimum atomic E-state index is -1.90. The fraction of sp³-hybridized carbons (Fsp3) is 0.528.